The predicted octanol–water partition coefficient (Wildman–Crippen LogP) is 4.62. The zero-order chi connectivity index (χ0) is 22.2. The zero-order valence-electron chi connectivity index (χ0n) is 17.7. The molecule has 1 aliphatic rings. The van der Waals surface area contributed by atoms with Crippen molar-refractivity contribution in [2.24, 2.45) is 5.10 Å². The normalized spacial score (nSPS) is 12.9. The van der Waals surface area contributed by atoms with Gasteiger partial charge in [0.2, 0.25) is 11.8 Å². The lowest BCUT2D eigenvalue weighted by Crippen LogP contribution is -2.24. The summed E-state index contributed by atoms with van der Waals surface area (Å²) in [4.78, 5) is 24.7. The van der Waals surface area contributed by atoms with Crippen molar-refractivity contribution in [1.29, 1.82) is 0 Å². The van der Waals surface area contributed by atoms with Gasteiger partial charge < -0.3 is 10.1 Å². The van der Waals surface area contributed by atoms with E-state index in [1.807, 2.05) is 72.8 Å². The molecule has 6 nitrogen and oxygen atoms in total. The van der Waals surface area contributed by atoms with Crippen LogP contribution in [0.1, 0.15) is 30.4 Å². The van der Waals surface area contributed by atoms with Crippen LogP contribution in [-0.2, 0) is 16.2 Å². The second-order valence-electron chi connectivity index (χ2n) is 7.53. The lowest BCUT2D eigenvalue weighted by molar-refractivity contribution is -0.132. The number of hydrazone groups is 1. The molecule has 0 aliphatic carbocycles. The van der Waals surface area contributed by atoms with Gasteiger partial charge in [-0.25, -0.2) is 5.01 Å². The van der Waals surface area contributed by atoms with Crippen molar-refractivity contribution in [3.63, 3.8) is 0 Å². The summed E-state index contributed by atoms with van der Waals surface area (Å²) >= 11 is 0. The fraction of sp³-hybridized carbons (Fsp3) is 0.192. The van der Waals surface area contributed by atoms with Crippen LogP contribution in [0.2, 0.25) is 0 Å². The smallest absolute Gasteiger partial charge is 0.243 e. The Labute approximate surface area is 187 Å². The summed E-state index contributed by atoms with van der Waals surface area (Å²) in [6.07, 6.45) is 0.952. The topological polar surface area (TPSA) is 71.0 Å². The first-order chi connectivity index (χ1) is 15.7. The van der Waals surface area contributed by atoms with Gasteiger partial charge in [0.05, 0.1) is 12.3 Å². The Hall–Kier alpha value is -3.93. The van der Waals surface area contributed by atoms with E-state index in [-0.39, 0.29) is 24.7 Å². The van der Waals surface area contributed by atoms with Crippen molar-refractivity contribution < 1.29 is 14.3 Å². The molecule has 4 rings (SSSR count). The molecule has 0 saturated heterocycles. The van der Waals surface area contributed by atoms with Crippen LogP contribution in [-0.4, -0.2) is 29.1 Å². The molecular weight excluding hydrogens is 402 g/mol. The van der Waals surface area contributed by atoms with E-state index in [2.05, 4.69) is 10.4 Å². The Morgan fingerprint density at radius 2 is 1.56 bits per heavy atom. The average Bonchev–Trinajstić information content (AvgIpc) is 3.34. The number of amides is 2. The first-order valence-corrected chi connectivity index (χ1v) is 10.7. The highest BCUT2D eigenvalue weighted by Gasteiger charge is 2.21. The van der Waals surface area contributed by atoms with Crippen LogP contribution in [0.15, 0.2) is 90.0 Å². The summed E-state index contributed by atoms with van der Waals surface area (Å²) in [6, 6.07) is 27.0. The van der Waals surface area contributed by atoms with E-state index in [9.17, 15) is 9.59 Å². The molecular formula is C26H25N3O3. The van der Waals surface area contributed by atoms with Gasteiger partial charge in [0.1, 0.15) is 12.4 Å². The molecule has 0 bridgehead atoms. The Morgan fingerprint density at radius 1 is 0.875 bits per heavy atom. The maximum absolute atomic E-state index is 12.4. The molecule has 0 saturated carbocycles. The largest absolute Gasteiger partial charge is 0.489 e. The Balaban J connectivity index is 1.22. The van der Waals surface area contributed by atoms with E-state index < -0.39 is 0 Å². The number of carbonyl (C=O) groups excluding carboxylic acids is 2. The summed E-state index contributed by atoms with van der Waals surface area (Å²) in [5.41, 5.74) is 3.68. The van der Waals surface area contributed by atoms with Gasteiger partial charge in [-0.2, -0.15) is 5.10 Å². The molecule has 32 heavy (non-hydrogen) atoms. The van der Waals surface area contributed by atoms with Gasteiger partial charge in [0, 0.05) is 24.9 Å². The molecule has 0 aromatic heterocycles. The monoisotopic (exact) mass is 427 g/mol. The molecule has 1 aliphatic heterocycles. The molecule has 0 atom stereocenters. The summed E-state index contributed by atoms with van der Waals surface area (Å²) in [7, 11) is 0. The third-order valence-corrected chi connectivity index (χ3v) is 5.15. The van der Waals surface area contributed by atoms with Gasteiger partial charge in [-0.05, 0) is 35.4 Å². The minimum atomic E-state index is -0.206. The average molecular weight is 428 g/mol. The Bertz CT molecular complexity index is 1080. The second kappa shape index (κ2) is 10.4. The van der Waals surface area contributed by atoms with Gasteiger partial charge in [0.25, 0.3) is 0 Å². The van der Waals surface area contributed by atoms with Crippen LogP contribution in [0.25, 0.3) is 0 Å². The number of benzene rings is 3. The van der Waals surface area contributed by atoms with Crippen LogP contribution < -0.4 is 10.1 Å². The number of carbonyl (C=O) groups is 2. The minimum absolute atomic E-state index is 0.109. The van der Waals surface area contributed by atoms with Gasteiger partial charge >= 0.3 is 0 Å². The van der Waals surface area contributed by atoms with Crippen molar-refractivity contribution in [1.82, 2.24) is 5.01 Å². The highest BCUT2D eigenvalue weighted by atomic mass is 16.5. The van der Waals surface area contributed by atoms with Gasteiger partial charge in [-0.15, -0.1) is 0 Å². The van der Waals surface area contributed by atoms with Crippen LogP contribution in [0, 0.1) is 0 Å². The molecule has 162 valence electrons. The summed E-state index contributed by atoms with van der Waals surface area (Å²) in [5, 5.41) is 8.71. The fourth-order valence-corrected chi connectivity index (χ4v) is 3.42. The van der Waals surface area contributed by atoms with E-state index >= 15 is 0 Å². The lowest BCUT2D eigenvalue weighted by atomic mass is 10.1. The highest BCUT2D eigenvalue weighted by molar-refractivity contribution is 6.02. The molecule has 3 aromatic carbocycles. The molecule has 0 spiro atoms. The van der Waals surface area contributed by atoms with Crippen molar-refractivity contribution in [2.75, 3.05) is 11.9 Å². The third kappa shape index (κ3) is 5.82. The maximum Gasteiger partial charge on any atom is 0.243 e. The Morgan fingerprint density at radius 3 is 2.28 bits per heavy atom. The predicted molar refractivity (Wildman–Crippen MR) is 124 cm³/mol. The summed E-state index contributed by atoms with van der Waals surface area (Å²) in [5.74, 6) is 0.377. The van der Waals surface area contributed by atoms with Crippen LogP contribution in [0.5, 0.6) is 5.75 Å². The number of ether oxygens (including phenoxy) is 1. The number of anilines is 1. The highest BCUT2D eigenvalue weighted by Crippen LogP contribution is 2.18. The van der Waals surface area contributed by atoms with Crippen LogP contribution >= 0.6 is 0 Å². The standard InChI is InChI=1S/C26H25N3O3/c30-25(15-16-26(31)29-18-17-24(28-29)21-9-5-2-6-10-21)27-22-11-13-23(14-12-22)32-19-20-7-3-1-4-8-20/h1-14H,15-19H2,(H,27,30). The molecule has 3 aromatic rings. The van der Waals surface area contributed by atoms with E-state index in [0.29, 0.717) is 18.8 Å². The molecule has 6 heteroatoms. The molecule has 0 unspecified atom stereocenters. The molecule has 0 fully saturated rings. The fourth-order valence-electron chi connectivity index (χ4n) is 3.42. The number of nitrogens with zero attached hydrogens (tertiary/aromatic N) is 2. The number of hydrogen-bond acceptors (Lipinski definition) is 4. The molecule has 1 N–H and O–H groups in total. The molecule has 1 heterocycles. The van der Waals surface area contributed by atoms with Crippen molar-refractivity contribution in [2.45, 2.75) is 25.9 Å². The molecule has 2 amide bonds. The Kier molecular flexibility index (Phi) is 6.92. The lowest BCUT2D eigenvalue weighted by Gasteiger charge is -2.11. The quantitative estimate of drug-likeness (QED) is 0.570. The zero-order valence-corrected chi connectivity index (χ0v) is 17.7. The first kappa shape index (κ1) is 21.3. The first-order valence-electron chi connectivity index (χ1n) is 10.7. The van der Waals surface area contributed by atoms with Gasteiger partial charge in [-0.1, -0.05) is 60.7 Å². The van der Waals surface area contributed by atoms with Crippen molar-refractivity contribution >= 4 is 23.2 Å². The van der Waals surface area contributed by atoms with Gasteiger partial charge in [0.15, 0.2) is 0 Å². The van der Waals surface area contributed by atoms with Crippen molar-refractivity contribution in [3.8, 4) is 5.75 Å². The summed E-state index contributed by atoms with van der Waals surface area (Å²) < 4.78 is 5.75. The third-order valence-electron chi connectivity index (χ3n) is 5.15. The van der Waals surface area contributed by atoms with E-state index in [1.165, 1.54) is 5.01 Å². The minimum Gasteiger partial charge on any atom is -0.489 e. The van der Waals surface area contributed by atoms with E-state index in [4.69, 9.17) is 4.74 Å². The number of rotatable bonds is 8. The van der Waals surface area contributed by atoms with E-state index in [0.717, 1.165) is 29.0 Å². The van der Waals surface area contributed by atoms with Crippen LogP contribution in [0.3, 0.4) is 0 Å². The van der Waals surface area contributed by atoms with Crippen molar-refractivity contribution in [3.05, 3.63) is 96.1 Å². The van der Waals surface area contributed by atoms with Gasteiger partial charge in [-0.3, -0.25) is 9.59 Å². The summed E-state index contributed by atoms with van der Waals surface area (Å²) in [6.45, 7) is 1.04. The second-order valence-corrected chi connectivity index (χ2v) is 7.53. The SMILES string of the molecule is O=C(CCC(=O)N1CCC(c2ccccc2)=N1)Nc1ccc(OCc2ccccc2)cc1. The maximum atomic E-state index is 12.4. The number of hydrogen-bond donors (Lipinski definition) is 1. The van der Waals surface area contributed by atoms with E-state index in [1.54, 1.807) is 12.1 Å². The van der Waals surface area contributed by atoms with Crippen LogP contribution in [0.4, 0.5) is 5.69 Å². The number of nitrogens with one attached hydrogen (secondary N) is 1. The molecule has 0 radical (unpaired) electrons.